The van der Waals surface area contributed by atoms with Crippen LogP contribution in [0.4, 0.5) is 9.18 Å². The minimum Gasteiger partial charge on any atom is -0.350 e. The van der Waals surface area contributed by atoms with Crippen LogP contribution in [0.2, 0.25) is 0 Å². The summed E-state index contributed by atoms with van der Waals surface area (Å²) in [5.74, 6) is -0.967. The van der Waals surface area contributed by atoms with Crippen LogP contribution in [0.25, 0.3) is 0 Å². The Morgan fingerprint density at radius 2 is 1.78 bits per heavy atom. The van der Waals surface area contributed by atoms with Crippen molar-refractivity contribution in [3.63, 3.8) is 0 Å². The number of nitrogens with one attached hydrogen (secondary N) is 2. The maximum atomic E-state index is 13.3. The lowest BCUT2D eigenvalue weighted by molar-refractivity contribution is -0.139. The Bertz CT molecular complexity index is 993. The molecule has 0 radical (unpaired) electrons. The van der Waals surface area contributed by atoms with Gasteiger partial charge in [0, 0.05) is 6.54 Å². The minimum absolute atomic E-state index is 0.0321. The van der Waals surface area contributed by atoms with Crippen LogP contribution in [0.3, 0.4) is 0 Å². The average Bonchev–Trinajstić information content (AvgIpc) is 2.80. The van der Waals surface area contributed by atoms with Crippen LogP contribution in [0.15, 0.2) is 48.5 Å². The van der Waals surface area contributed by atoms with Gasteiger partial charge in [0.15, 0.2) is 0 Å². The fraction of sp³-hybridized carbons (Fsp3) is 0.375. The van der Waals surface area contributed by atoms with Crippen molar-refractivity contribution in [3.05, 3.63) is 71.0 Å². The zero-order valence-corrected chi connectivity index (χ0v) is 18.0. The Hall–Kier alpha value is -3.26. The van der Waals surface area contributed by atoms with Gasteiger partial charge in [-0.1, -0.05) is 42.0 Å². The first-order valence-electron chi connectivity index (χ1n) is 10.8. The van der Waals surface area contributed by atoms with E-state index in [0.717, 1.165) is 22.4 Å². The summed E-state index contributed by atoms with van der Waals surface area (Å²) in [4.78, 5) is 41.6. The highest BCUT2D eigenvalue weighted by Gasteiger charge is 2.47. The molecule has 2 N–H and O–H groups in total. The molecule has 2 unspecified atom stereocenters. The molecule has 0 aliphatic carbocycles. The molecular formula is C24H27FN4O3. The molecule has 2 aromatic carbocycles. The monoisotopic (exact) mass is 438 g/mol. The van der Waals surface area contributed by atoms with Crippen LogP contribution >= 0.6 is 0 Å². The van der Waals surface area contributed by atoms with Crippen molar-refractivity contribution in [2.24, 2.45) is 0 Å². The van der Waals surface area contributed by atoms with Crippen LogP contribution < -0.4 is 10.6 Å². The smallest absolute Gasteiger partial charge is 0.327 e. The van der Waals surface area contributed by atoms with Gasteiger partial charge in [0.25, 0.3) is 0 Å². The van der Waals surface area contributed by atoms with Gasteiger partial charge in [-0.15, -0.1) is 0 Å². The second-order valence-electron chi connectivity index (χ2n) is 8.37. The Balaban J connectivity index is 1.47. The number of urea groups is 1. The van der Waals surface area contributed by atoms with Crippen LogP contribution in [0.1, 0.15) is 29.5 Å². The molecule has 2 atom stereocenters. The van der Waals surface area contributed by atoms with Gasteiger partial charge in [0.05, 0.1) is 12.6 Å². The normalized spacial score (nSPS) is 20.8. The van der Waals surface area contributed by atoms with Crippen molar-refractivity contribution in [2.75, 3.05) is 13.1 Å². The molecule has 168 valence electrons. The van der Waals surface area contributed by atoms with E-state index in [2.05, 4.69) is 10.6 Å². The summed E-state index contributed by atoms with van der Waals surface area (Å²) in [6.45, 7) is 2.95. The summed E-state index contributed by atoms with van der Waals surface area (Å²) >= 11 is 0. The predicted octanol–water partition coefficient (Wildman–Crippen LogP) is 2.34. The first-order valence-corrected chi connectivity index (χ1v) is 10.8. The lowest BCUT2D eigenvalue weighted by Gasteiger charge is -2.46. The summed E-state index contributed by atoms with van der Waals surface area (Å²) in [5.41, 5.74) is 2.76. The molecule has 0 bridgehead atoms. The summed E-state index contributed by atoms with van der Waals surface area (Å²) in [5, 5.41) is 6.07. The number of carbonyl (C=O) groups is 3. The molecule has 0 spiro atoms. The highest BCUT2D eigenvalue weighted by Crippen LogP contribution is 2.26. The molecule has 2 heterocycles. The van der Waals surface area contributed by atoms with Gasteiger partial charge in [-0.25, -0.2) is 9.18 Å². The quantitative estimate of drug-likeness (QED) is 0.726. The number of imide groups is 1. The number of amides is 4. The SMILES string of the molecule is Cc1ccc(CNC(=O)CN2C(=O)N(Cc3ccc(F)cc3)C(=O)C3NCCCC32)cc1. The first kappa shape index (κ1) is 22.0. The average molecular weight is 439 g/mol. The number of carbonyl (C=O) groups excluding carboxylic acids is 3. The molecule has 2 saturated heterocycles. The second-order valence-corrected chi connectivity index (χ2v) is 8.37. The van der Waals surface area contributed by atoms with Crippen LogP contribution in [-0.4, -0.2) is 52.8 Å². The number of piperidine rings is 1. The van der Waals surface area contributed by atoms with Gasteiger partial charge in [0.1, 0.15) is 18.4 Å². The summed E-state index contributed by atoms with van der Waals surface area (Å²) in [6, 6.07) is 12.2. The maximum absolute atomic E-state index is 13.3. The van der Waals surface area contributed by atoms with Gasteiger partial charge in [-0.05, 0) is 49.6 Å². The van der Waals surface area contributed by atoms with Crippen molar-refractivity contribution in [1.29, 1.82) is 0 Å². The van der Waals surface area contributed by atoms with Gasteiger partial charge < -0.3 is 15.5 Å². The van der Waals surface area contributed by atoms with Crippen molar-refractivity contribution < 1.29 is 18.8 Å². The Kier molecular flexibility index (Phi) is 6.50. The van der Waals surface area contributed by atoms with Gasteiger partial charge in [0.2, 0.25) is 11.8 Å². The van der Waals surface area contributed by atoms with Crippen LogP contribution in [0.5, 0.6) is 0 Å². The summed E-state index contributed by atoms with van der Waals surface area (Å²) in [6.07, 6.45) is 1.48. The van der Waals surface area contributed by atoms with Crippen molar-refractivity contribution in [3.8, 4) is 0 Å². The fourth-order valence-corrected chi connectivity index (χ4v) is 4.24. The van der Waals surface area contributed by atoms with E-state index < -0.39 is 12.1 Å². The minimum atomic E-state index is -0.549. The zero-order chi connectivity index (χ0) is 22.7. The number of hydrogen-bond donors (Lipinski definition) is 2. The summed E-state index contributed by atoms with van der Waals surface area (Å²) in [7, 11) is 0. The molecule has 7 nitrogen and oxygen atoms in total. The van der Waals surface area contributed by atoms with Crippen molar-refractivity contribution in [1.82, 2.24) is 20.4 Å². The molecule has 0 saturated carbocycles. The molecule has 8 heteroatoms. The number of benzene rings is 2. The molecule has 2 aromatic rings. The van der Waals surface area contributed by atoms with E-state index in [0.29, 0.717) is 25.1 Å². The predicted molar refractivity (Wildman–Crippen MR) is 117 cm³/mol. The molecule has 32 heavy (non-hydrogen) atoms. The van der Waals surface area contributed by atoms with E-state index in [1.165, 1.54) is 17.0 Å². The molecule has 4 amide bonds. The Labute approximate surface area is 186 Å². The van der Waals surface area contributed by atoms with E-state index >= 15 is 0 Å². The van der Waals surface area contributed by atoms with Gasteiger partial charge in [-0.3, -0.25) is 14.5 Å². The number of aryl methyl sites for hydroxylation is 1. The highest BCUT2D eigenvalue weighted by molar-refractivity contribution is 6.01. The molecule has 2 aliphatic rings. The molecule has 2 aliphatic heterocycles. The Morgan fingerprint density at radius 1 is 1.09 bits per heavy atom. The number of halogens is 1. The Morgan fingerprint density at radius 3 is 2.50 bits per heavy atom. The largest absolute Gasteiger partial charge is 0.350 e. The fourth-order valence-electron chi connectivity index (χ4n) is 4.24. The summed E-state index contributed by atoms with van der Waals surface area (Å²) < 4.78 is 13.3. The van der Waals surface area contributed by atoms with E-state index in [9.17, 15) is 18.8 Å². The maximum Gasteiger partial charge on any atom is 0.327 e. The topological polar surface area (TPSA) is 81.8 Å². The van der Waals surface area contributed by atoms with Crippen molar-refractivity contribution >= 4 is 17.8 Å². The second kappa shape index (κ2) is 9.48. The lowest BCUT2D eigenvalue weighted by Crippen LogP contribution is -2.70. The highest BCUT2D eigenvalue weighted by atomic mass is 19.1. The van der Waals surface area contributed by atoms with Gasteiger partial charge >= 0.3 is 6.03 Å². The number of nitrogens with zero attached hydrogens (tertiary/aromatic N) is 2. The van der Waals surface area contributed by atoms with Crippen LogP contribution in [-0.2, 0) is 22.7 Å². The number of rotatable bonds is 6. The van der Waals surface area contributed by atoms with E-state index in [-0.39, 0.29) is 36.8 Å². The molecular weight excluding hydrogens is 411 g/mol. The first-order chi connectivity index (χ1) is 15.4. The molecule has 0 aromatic heterocycles. The lowest BCUT2D eigenvalue weighted by atomic mass is 9.93. The standard InChI is InChI=1S/C24H27FN4O3/c1-16-4-6-17(7-5-16)13-27-21(30)15-28-20-3-2-12-26-22(20)23(31)29(24(28)32)14-18-8-10-19(25)11-9-18/h4-11,20,22,26H,2-3,12-15H2,1H3,(H,27,30). The number of fused-ring (bicyclic) bond motifs is 1. The third kappa shape index (κ3) is 4.80. The number of hydrogen-bond acceptors (Lipinski definition) is 4. The van der Waals surface area contributed by atoms with E-state index in [4.69, 9.17) is 0 Å². The third-order valence-corrected chi connectivity index (χ3v) is 6.01. The molecule has 4 rings (SSSR count). The van der Waals surface area contributed by atoms with Crippen molar-refractivity contribution in [2.45, 2.75) is 44.9 Å². The third-order valence-electron chi connectivity index (χ3n) is 6.01. The zero-order valence-electron chi connectivity index (χ0n) is 18.0. The molecule has 2 fully saturated rings. The van der Waals surface area contributed by atoms with Crippen LogP contribution in [0, 0.1) is 12.7 Å². The van der Waals surface area contributed by atoms with E-state index in [1.807, 2.05) is 31.2 Å². The van der Waals surface area contributed by atoms with Gasteiger partial charge in [-0.2, -0.15) is 0 Å². The van der Waals surface area contributed by atoms with E-state index in [1.54, 1.807) is 12.1 Å².